The van der Waals surface area contributed by atoms with Crippen LogP contribution in [0, 0.1) is 0 Å². The average molecular weight is 578 g/mol. The summed E-state index contributed by atoms with van der Waals surface area (Å²) in [6.45, 7) is 4.64. The predicted molar refractivity (Wildman–Crippen MR) is 185 cm³/mol. The summed E-state index contributed by atoms with van der Waals surface area (Å²) in [6, 6.07) is 53.2. The van der Waals surface area contributed by atoms with E-state index >= 15 is 0 Å². The van der Waals surface area contributed by atoms with Crippen molar-refractivity contribution in [2.45, 2.75) is 19.3 Å². The Hall–Kier alpha value is -5.67. The first-order chi connectivity index (χ1) is 22.0. The molecule has 0 atom stereocenters. The van der Waals surface area contributed by atoms with Crippen molar-refractivity contribution in [3.05, 3.63) is 163 Å². The first-order valence-electron chi connectivity index (χ1n) is 15.4. The monoisotopic (exact) mass is 577 g/mol. The molecule has 0 aliphatic heterocycles. The molecule has 0 bridgehead atoms. The highest BCUT2D eigenvalue weighted by molar-refractivity contribution is 5.84. The van der Waals surface area contributed by atoms with Gasteiger partial charge in [0.1, 0.15) is 0 Å². The van der Waals surface area contributed by atoms with Crippen molar-refractivity contribution in [1.82, 2.24) is 15.0 Å². The predicted octanol–water partition coefficient (Wildman–Crippen LogP) is 10.5. The number of hydrogen-bond acceptors (Lipinski definition) is 3. The molecule has 0 amide bonds. The lowest BCUT2D eigenvalue weighted by molar-refractivity contribution is 0.660. The van der Waals surface area contributed by atoms with Gasteiger partial charge in [-0.2, -0.15) is 0 Å². The van der Waals surface area contributed by atoms with Crippen molar-refractivity contribution in [3.63, 3.8) is 0 Å². The minimum absolute atomic E-state index is 0.0523. The SMILES string of the molecule is CC1(C)c2ccccc2-c2ccc(-c3cccc(-c4nc(-c5ccccc5)nc(-c5ccc(-c6ccccc6)cc5)n4)c3)cc21. The molecule has 1 aliphatic carbocycles. The molecule has 214 valence electrons. The number of nitrogens with zero attached hydrogens (tertiary/aromatic N) is 3. The van der Waals surface area contributed by atoms with Crippen LogP contribution in [0.2, 0.25) is 0 Å². The van der Waals surface area contributed by atoms with Crippen LogP contribution in [0.3, 0.4) is 0 Å². The molecular weight excluding hydrogens is 546 g/mol. The Labute approximate surface area is 264 Å². The summed E-state index contributed by atoms with van der Waals surface area (Å²) >= 11 is 0. The molecule has 3 heteroatoms. The van der Waals surface area contributed by atoms with E-state index in [4.69, 9.17) is 15.0 Å². The van der Waals surface area contributed by atoms with E-state index in [1.807, 2.05) is 36.4 Å². The first kappa shape index (κ1) is 26.9. The molecule has 1 aliphatic rings. The van der Waals surface area contributed by atoms with Crippen LogP contribution >= 0.6 is 0 Å². The van der Waals surface area contributed by atoms with E-state index in [-0.39, 0.29) is 5.41 Å². The van der Waals surface area contributed by atoms with E-state index in [0.717, 1.165) is 27.8 Å². The normalized spacial score (nSPS) is 12.8. The average Bonchev–Trinajstić information content (AvgIpc) is 3.34. The molecule has 1 aromatic heterocycles. The molecule has 0 N–H and O–H groups in total. The van der Waals surface area contributed by atoms with Gasteiger partial charge in [-0.1, -0.05) is 153 Å². The fraction of sp³-hybridized carbons (Fsp3) is 0.0714. The summed E-state index contributed by atoms with van der Waals surface area (Å²) in [5.74, 6) is 1.97. The van der Waals surface area contributed by atoms with E-state index in [9.17, 15) is 0 Å². The van der Waals surface area contributed by atoms with Crippen molar-refractivity contribution < 1.29 is 0 Å². The van der Waals surface area contributed by atoms with E-state index < -0.39 is 0 Å². The van der Waals surface area contributed by atoms with Crippen molar-refractivity contribution in [2.24, 2.45) is 0 Å². The molecule has 1 heterocycles. The van der Waals surface area contributed by atoms with Gasteiger partial charge in [0.25, 0.3) is 0 Å². The van der Waals surface area contributed by atoms with Gasteiger partial charge in [-0.3, -0.25) is 0 Å². The maximum absolute atomic E-state index is 5.02. The Bertz CT molecular complexity index is 2170. The van der Waals surface area contributed by atoms with Gasteiger partial charge in [0.05, 0.1) is 0 Å². The third kappa shape index (κ3) is 4.83. The number of fused-ring (bicyclic) bond motifs is 3. The van der Waals surface area contributed by atoms with Crippen LogP contribution in [0.25, 0.3) is 67.5 Å². The third-order valence-electron chi connectivity index (χ3n) is 8.96. The van der Waals surface area contributed by atoms with Crippen LogP contribution in [0.5, 0.6) is 0 Å². The number of aromatic nitrogens is 3. The molecule has 0 fully saturated rings. The second-order valence-electron chi connectivity index (χ2n) is 12.1. The zero-order valence-electron chi connectivity index (χ0n) is 25.3. The summed E-state index contributed by atoms with van der Waals surface area (Å²) in [4.78, 5) is 14.9. The number of benzene rings is 6. The van der Waals surface area contributed by atoms with Crippen LogP contribution in [0.1, 0.15) is 25.0 Å². The summed E-state index contributed by atoms with van der Waals surface area (Å²) in [6.07, 6.45) is 0. The summed E-state index contributed by atoms with van der Waals surface area (Å²) in [5.41, 5.74) is 12.9. The lowest BCUT2D eigenvalue weighted by atomic mass is 9.81. The largest absolute Gasteiger partial charge is 0.208 e. The summed E-state index contributed by atoms with van der Waals surface area (Å²) in [5, 5.41) is 0. The molecule has 0 saturated carbocycles. The molecule has 3 nitrogen and oxygen atoms in total. The zero-order chi connectivity index (χ0) is 30.4. The molecule has 6 aromatic carbocycles. The van der Waals surface area contributed by atoms with Crippen molar-refractivity contribution in [1.29, 1.82) is 0 Å². The van der Waals surface area contributed by atoms with Crippen LogP contribution in [0.15, 0.2) is 152 Å². The van der Waals surface area contributed by atoms with Gasteiger partial charge in [-0.25, -0.2) is 15.0 Å². The summed E-state index contributed by atoms with van der Waals surface area (Å²) in [7, 11) is 0. The fourth-order valence-corrected chi connectivity index (χ4v) is 6.51. The van der Waals surface area contributed by atoms with Crippen LogP contribution in [-0.2, 0) is 5.41 Å². The summed E-state index contributed by atoms with van der Waals surface area (Å²) < 4.78 is 0. The Morgan fingerprint density at radius 3 is 1.49 bits per heavy atom. The van der Waals surface area contributed by atoms with Crippen molar-refractivity contribution in [3.8, 4) is 67.5 Å². The van der Waals surface area contributed by atoms with E-state index in [2.05, 4.69) is 129 Å². The second-order valence-corrected chi connectivity index (χ2v) is 12.1. The molecule has 8 rings (SSSR count). The van der Waals surface area contributed by atoms with Crippen molar-refractivity contribution >= 4 is 0 Å². The highest BCUT2D eigenvalue weighted by atomic mass is 15.0. The van der Waals surface area contributed by atoms with E-state index in [1.165, 1.54) is 33.4 Å². The minimum Gasteiger partial charge on any atom is -0.208 e. The quantitative estimate of drug-likeness (QED) is 0.204. The zero-order valence-corrected chi connectivity index (χ0v) is 25.3. The van der Waals surface area contributed by atoms with Gasteiger partial charge in [-0.15, -0.1) is 0 Å². The van der Waals surface area contributed by atoms with E-state index in [1.54, 1.807) is 0 Å². The maximum atomic E-state index is 5.02. The van der Waals surface area contributed by atoms with Crippen LogP contribution in [0.4, 0.5) is 0 Å². The molecule has 7 aromatic rings. The number of rotatable bonds is 5. The second kappa shape index (κ2) is 10.8. The maximum Gasteiger partial charge on any atom is 0.164 e. The van der Waals surface area contributed by atoms with Gasteiger partial charge < -0.3 is 0 Å². The Morgan fingerprint density at radius 1 is 0.333 bits per heavy atom. The number of hydrogen-bond donors (Lipinski definition) is 0. The topological polar surface area (TPSA) is 38.7 Å². The minimum atomic E-state index is -0.0523. The molecule has 0 unspecified atom stereocenters. The Balaban J connectivity index is 1.21. The highest BCUT2D eigenvalue weighted by Crippen LogP contribution is 2.49. The van der Waals surface area contributed by atoms with Gasteiger partial charge in [0.15, 0.2) is 17.5 Å². The van der Waals surface area contributed by atoms with E-state index in [0.29, 0.717) is 17.5 Å². The molecule has 0 radical (unpaired) electrons. The fourth-order valence-electron chi connectivity index (χ4n) is 6.51. The Kier molecular flexibility index (Phi) is 6.46. The standard InChI is InChI=1S/C42H31N3/c1-42(2)37-19-10-9-18-35(37)36-25-24-33(27-38(36)42)32-16-11-17-34(26-32)41-44-39(30-14-7-4-8-15-30)43-40(45-41)31-22-20-29(21-23-31)28-12-5-3-6-13-28/h3-27H,1-2H3. The lowest BCUT2D eigenvalue weighted by Crippen LogP contribution is -2.14. The third-order valence-corrected chi connectivity index (χ3v) is 8.96. The first-order valence-corrected chi connectivity index (χ1v) is 15.4. The smallest absolute Gasteiger partial charge is 0.164 e. The van der Waals surface area contributed by atoms with Gasteiger partial charge in [0.2, 0.25) is 0 Å². The van der Waals surface area contributed by atoms with Crippen molar-refractivity contribution in [2.75, 3.05) is 0 Å². The van der Waals surface area contributed by atoms with Crippen LogP contribution < -0.4 is 0 Å². The van der Waals surface area contributed by atoms with Gasteiger partial charge in [-0.05, 0) is 56.6 Å². The lowest BCUT2D eigenvalue weighted by Gasteiger charge is -2.22. The van der Waals surface area contributed by atoms with Gasteiger partial charge >= 0.3 is 0 Å². The molecule has 0 spiro atoms. The van der Waals surface area contributed by atoms with Crippen LogP contribution in [-0.4, -0.2) is 15.0 Å². The molecule has 45 heavy (non-hydrogen) atoms. The highest BCUT2D eigenvalue weighted by Gasteiger charge is 2.35. The molecule has 0 saturated heterocycles. The Morgan fingerprint density at radius 2 is 0.778 bits per heavy atom. The molecular formula is C42H31N3. The van der Waals surface area contributed by atoms with Gasteiger partial charge in [0, 0.05) is 22.1 Å².